The van der Waals surface area contributed by atoms with Gasteiger partial charge in [-0.1, -0.05) is 47.5 Å². The van der Waals surface area contributed by atoms with Gasteiger partial charge in [-0.05, 0) is 35.9 Å². The van der Waals surface area contributed by atoms with E-state index in [1.807, 2.05) is 6.07 Å². The number of rotatable bonds is 4. The van der Waals surface area contributed by atoms with Gasteiger partial charge < -0.3 is 4.18 Å². The summed E-state index contributed by atoms with van der Waals surface area (Å²) in [4.78, 5) is 4.20. The molecule has 1 heterocycles. The molecule has 2 aromatic carbocycles. The Morgan fingerprint density at radius 2 is 1.46 bits per heavy atom. The third-order valence-electron chi connectivity index (χ3n) is 3.60. The quantitative estimate of drug-likeness (QED) is 0.404. The fraction of sp³-hybridized carbons (Fsp3) is 0.0526. The van der Waals surface area contributed by atoms with E-state index in [9.17, 15) is 18.4 Å². The van der Waals surface area contributed by atoms with Gasteiger partial charge in [0.05, 0.1) is 5.69 Å². The number of benzene rings is 2. The van der Waals surface area contributed by atoms with Crippen LogP contribution in [-0.4, -0.2) is 10.5 Å². The fourth-order valence-electron chi connectivity index (χ4n) is 2.40. The van der Waals surface area contributed by atoms with Crippen LogP contribution in [0.15, 0.2) is 54.6 Å². The minimum absolute atomic E-state index is 0.126. The minimum Gasteiger partial charge on any atom is -0.395 e. The summed E-state index contributed by atoms with van der Waals surface area (Å²) < 4.78 is 42.3. The second-order valence-electron chi connectivity index (χ2n) is 5.48. The lowest BCUT2D eigenvalue weighted by molar-refractivity contribution is -0.0370. The summed E-state index contributed by atoms with van der Waals surface area (Å²) in [6.07, 6.45) is 0. The van der Waals surface area contributed by atoms with Gasteiger partial charge in [-0.25, -0.2) is 4.98 Å². The number of aromatic nitrogens is 1. The van der Waals surface area contributed by atoms with E-state index in [2.05, 4.69) is 4.98 Å². The van der Waals surface area contributed by atoms with E-state index in [-0.39, 0.29) is 5.56 Å². The van der Waals surface area contributed by atoms with Gasteiger partial charge in [-0.2, -0.15) is 18.4 Å². The van der Waals surface area contributed by atoms with Crippen LogP contribution in [0.1, 0.15) is 5.56 Å². The largest absolute Gasteiger partial charge is 0.479 e. The van der Waals surface area contributed by atoms with Crippen LogP contribution >= 0.6 is 35.2 Å². The van der Waals surface area contributed by atoms with Crippen molar-refractivity contribution in [2.45, 2.75) is 5.51 Å². The first-order valence-electron chi connectivity index (χ1n) is 7.66. The third-order valence-corrected chi connectivity index (χ3v) is 4.53. The molecule has 0 unspecified atom stereocenters. The van der Waals surface area contributed by atoms with Gasteiger partial charge in [0.15, 0.2) is 12.0 Å². The Bertz CT molecular complexity index is 1030. The number of alkyl halides is 3. The number of pyridine rings is 1. The predicted molar refractivity (Wildman–Crippen MR) is 104 cm³/mol. The molecule has 3 aromatic rings. The molecule has 9 heteroatoms. The zero-order valence-electron chi connectivity index (χ0n) is 13.8. The van der Waals surface area contributed by atoms with Gasteiger partial charge >= 0.3 is 5.51 Å². The van der Waals surface area contributed by atoms with Gasteiger partial charge in [0.2, 0.25) is 5.88 Å². The van der Waals surface area contributed by atoms with Crippen molar-refractivity contribution in [2.24, 2.45) is 0 Å². The van der Waals surface area contributed by atoms with Gasteiger partial charge in [0, 0.05) is 21.2 Å². The van der Waals surface area contributed by atoms with Crippen LogP contribution in [0, 0.1) is 11.3 Å². The molecule has 0 radical (unpaired) electrons. The first-order valence-corrected chi connectivity index (χ1v) is 9.16. The highest BCUT2D eigenvalue weighted by atomic mass is 35.5. The molecule has 0 aliphatic carbocycles. The van der Waals surface area contributed by atoms with Crippen LogP contribution in [0.3, 0.4) is 0 Å². The Balaban J connectivity index is 2.18. The Labute approximate surface area is 172 Å². The number of nitriles is 1. The molecule has 0 spiro atoms. The molecule has 0 atom stereocenters. The van der Waals surface area contributed by atoms with E-state index in [4.69, 9.17) is 27.4 Å². The summed E-state index contributed by atoms with van der Waals surface area (Å²) in [6.45, 7) is 0. The summed E-state index contributed by atoms with van der Waals surface area (Å²) in [5.41, 5.74) is -2.59. The molecular formula is C19H9Cl2F3N2OS. The van der Waals surface area contributed by atoms with Crippen LogP contribution in [-0.2, 0) is 0 Å². The molecule has 1 aromatic heterocycles. The molecular weight excluding hydrogens is 432 g/mol. The number of nitrogens with zero attached hydrogens (tertiary/aromatic N) is 2. The molecule has 3 rings (SSSR count). The summed E-state index contributed by atoms with van der Waals surface area (Å²) in [5, 5.41) is 10.4. The van der Waals surface area contributed by atoms with E-state index in [0.29, 0.717) is 32.4 Å². The second kappa shape index (κ2) is 8.31. The second-order valence-corrected chi connectivity index (χ2v) is 7.14. The molecule has 0 fully saturated rings. The molecule has 0 N–H and O–H groups in total. The highest BCUT2D eigenvalue weighted by molar-refractivity contribution is 7.95. The average Bonchev–Trinajstić information content (AvgIpc) is 2.66. The number of hydrogen-bond acceptors (Lipinski definition) is 4. The molecule has 28 heavy (non-hydrogen) atoms. The zero-order valence-corrected chi connectivity index (χ0v) is 16.1. The minimum atomic E-state index is -4.64. The van der Waals surface area contributed by atoms with E-state index in [0.717, 1.165) is 0 Å². The summed E-state index contributed by atoms with van der Waals surface area (Å²) in [7, 11) is 0. The Morgan fingerprint density at radius 1 is 0.929 bits per heavy atom. The first-order chi connectivity index (χ1) is 13.3. The van der Waals surface area contributed by atoms with Gasteiger partial charge in [0.1, 0.15) is 11.6 Å². The van der Waals surface area contributed by atoms with Crippen molar-refractivity contribution in [3.05, 3.63) is 70.2 Å². The highest BCUT2D eigenvalue weighted by Gasteiger charge is 2.32. The molecule has 0 aliphatic heterocycles. The third kappa shape index (κ3) is 4.90. The SMILES string of the molecule is N#Cc1cc(-c2ccc(Cl)cc2)c(-c2ccc(Cl)cc2)nc1OSC(F)(F)F. The molecule has 0 amide bonds. The smallest absolute Gasteiger partial charge is 0.395 e. The van der Waals surface area contributed by atoms with Crippen LogP contribution in [0.4, 0.5) is 13.2 Å². The van der Waals surface area contributed by atoms with Crippen molar-refractivity contribution in [3.8, 4) is 34.3 Å². The standard InChI is InChI=1S/C19H9Cl2F3N2OS/c20-14-5-1-11(2-6-14)16-9-13(10-25)18(27-28-19(22,23)24)26-17(16)12-3-7-15(21)8-4-12/h1-9H. The number of halogens is 5. The van der Waals surface area contributed by atoms with Crippen LogP contribution in [0.2, 0.25) is 10.0 Å². The van der Waals surface area contributed by atoms with Gasteiger partial charge in [-0.3, -0.25) is 0 Å². The van der Waals surface area contributed by atoms with Crippen molar-refractivity contribution in [1.82, 2.24) is 4.98 Å². The molecule has 0 aliphatic rings. The van der Waals surface area contributed by atoms with Crippen molar-refractivity contribution in [2.75, 3.05) is 0 Å². The molecule has 0 saturated heterocycles. The Kier molecular flexibility index (Phi) is 6.04. The first kappa shape index (κ1) is 20.3. The van der Waals surface area contributed by atoms with Crippen LogP contribution < -0.4 is 4.18 Å². The van der Waals surface area contributed by atoms with Crippen molar-refractivity contribution >= 4 is 35.2 Å². The van der Waals surface area contributed by atoms with Crippen LogP contribution in [0.25, 0.3) is 22.4 Å². The molecule has 0 saturated carbocycles. The maximum atomic E-state index is 12.5. The molecule has 3 nitrogen and oxygen atoms in total. The maximum absolute atomic E-state index is 12.5. The summed E-state index contributed by atoms with van der Waals surface area (Å²) in [5.74, 6) is -0.424. The Morgan fingerprint density at radius 3 is 1.96 bits per heavy atom. The summed E-state index contributed by atoms with van der Waals surface area (Å²) in [6, 6.07) is 16.7. The van der Waals surface area contributed by atoms with E-state index >= 15 is 0 Å². The number of hydrogen-bond donors (Lipinski definition) is 0. The monoisotopic (exact) mass is 440 g/mol. The zero-order chi connectivity index (χ0) is 20.3. The normalized spacial score (nSPS) is 11.1. The lowest BCUT2D eigenvalue weighted by Gasteiger charge is -2.14. The highest BCUT2D eigenvalue weighted by Crippen LogP contribution is 2.38. The van der Waals surface area contributed by atoms with E-state index in [1.54, 1.807) is 48.5 Å². The van der Waals surface area contributed by atoms with Crippen molar-refractivity contribution in [1.29, 1.82) is 5.26 Å². The van der Waals surface area contributed by atoms with E-state index < -0.39 is 23.4 Å². The average molecular weight is 441 g/mol. The van der Waals surface area contributed by atoms with Crippen LogP contribution in [0.5, 0.6) is 5.88 Å². The Hall–Kier alpha value is -2.40. The maximum Gasteiger partial charge on any atom is 0.479 e. The fourth-order valence-corrected chi connectivity index (χ4v) is 2.96. The van der Waals surface area contributed by atoms with Gasteiger partial charge in [-0.15, -0.1) is 0 Å². The molecule has 0 bridgehead atoms. The van der Waals surface area contributed by atoms with Gasteiger partial charge in [0.25, 0.3) is 0 Å². The van der Waals surface area contributed by atoms with Crippen molar-refractivity contribution in [3.63, 3.8) is 0 Å². The van der Waals surface area contributed by atoms with E-state index in [1.165, 1.54) is 6.07 Å². The van der Waals surface area contributed by atoms with Crippen molar-refractivity contribution < 1.29 is 17.4 Å². The summed E-state index contributed by atoms with van der Waals surface area (Å²) >= 11 is 11.1. The lowest BCUT2D eigenvalue weighted by Crippen LogP contribution is -2.05. The lowest BCUT2D eigenvalue weighted by atomic mass is 9.98. The predicted octanol–water partition coefficient (Wildman–Crippen LogP) is 7.14. The molecule has 142 valence electrons. The topological polar surface area (TPSA) is 45.9 Å².